The van der Waals surface area contributed by atoms with Crippen LogP contribution in [0.2, 0.25) is 0 Å². The van der Waals surface area contributed by atoms with Crippen LogP contribution in [0.25, 0.3) is 11.1 Å². The fourth-order valence-electron chi connectivity index (χ4n) is 1.51. The van der Waals surface area contributed by atoms with Gasteiger partial charge in [-0.2, -0.15) is 0 Å². The van der Waals surface area contributed by atoms with Gasteiger partial charge in [-0.1, -0.05) is 6.07 Å². The van der Waals surface area contributed by atoms with E-state index in [1.165, 1.54) is 0 Å². The van der Waals surface area contributed by atoms with Gasteiger partial charge in [-0.3, -0.25) is 4.79 Å². The molecular formula is C11H12N2O2. The molecular weight excluding hydrogens is 192 g/mol. The van der Waals surface area contributed by atoms with E-state index in [2.05, 4.69) is 4.98 Å². The second-order valence-corrected chi connectivity index (χ2v) is 3.50. The van der Waals surface area contributed by atoms with Crippen LogP contribution in [0.3, 0.4) is 0 Å². The van der Waals surface area contributed by atoms with Crippen molar-refractivity contribution in [1.82, 2.24) is 4.98 Å². The highest BCUT2D eigenvalue weighted by Crippen LogP contribution is 2.17. The number of hydrogen-bond donors (Lipinski definition) is 1. The number of aryl methyl sites for hydroxylation is 2. The number of benzene rings is 1. The van der Waals surface area contributed by atoms with Crippen LogP contribution >= 0.6 is 0 Å². The van der Waals surface area contributed by atoms with E-state index in [1.54, 1.807) is 0 Å². The van der Waals surface area contributed by atoms with Crippen molar-refractivity contribution in [2.75, 3.05) is 0 Å². The lowest BCUT2D eigenvalue weighted by molar-refractivity contribution is -0.117. The third-order valence-corrected chi connectivity index (χ3v) is 2.22. The van der Waals surface area contributed by atoms with Gasteiger partial charge >= 0.3 is 0 Å². The van der Waals surface area contributed by atoms with Crippen molar-refractivity contribution < 1.29 is 9.21 Å². The van der Waals surface area contributed by atoms with E-state index >= 15 is 0 Å². The molecule has 0 fully saturated rings. The van der Waals surface area contributed by atoms with E-state index in [9.17, 15) is 4.79 Å². The van der Waals surface area contributed by atoms with Crippen LogP contribution < -0.4 is 5.73 Å². The van der Waals surface area contributed by atoms with Gasteiger partial charge in [0.25, 0.3) is 0 Å². The minimum atomic E-state index is -0.288. The van der Waals surface area contributed by atoms with Gasteiger partial charge in [0.1, 0.15) is 5.52 Å². The number of hydrogen-bond acceptors (Lipinski definition) is 3. The molecule has 1 amide bonds. The molecule has 4 nitrogen and oxygen atoms in total. The summed E-state index contributed by atoms with van der Waals surface area (Å²) < 4.78 is 5.39. The summed E-state index contributed by atoms with van der Waals surface area (Å²) in [6, 6.07) is 5.73. The average Bonchev–Trinajstić information content (AvgIpc) is 2.53. The number of amides is 1. The van der Waals surface area contributed by atoms with E-state index in [-0.39, 0.29) is 5.91 Å². The molecule has 0 aliphatic heterocycles. The Morgan fingerprint density at radius 2 is 2.33 bits per heavy atom. The van der Waals surface area contributed by atoms with Gasteiger partial charge in [0.2, 0.25) is 5.91 Å². The third-order valence-electron chi connectivity index (χ3n) is 2.22. The number of rotatable bonds is 3. The summed E-state index contributed by atoms with van der Waals surface area (Å²) in [5.74, 6) is 0.362. The minimum Gasteiger partial charge on any atom is -0.441 e. The van der Waals surface area contributed by atoms with Crippen LogP contribution in [0.5, 0.6) is 0 Å². The van der Waals surface area contributed by atoms with Crippen LogP contribution in [0.1, 0.15) is 17.9 Å². The maximum absolute atomic E-state index is 10.6. The highest BCUT2D eigenvalue weighted by Gasteiger charge is 2.03. The molecule has 78 valence electrons. The number of carbonyl (C=O) groups is 1. The van der Waals surface area contributed by atoms with Gasteiger partial charge in [0.15, 0.2) is 11.5 Å². The molecule has 0 atom stereocenters. The molecule has 2 N–H and O–H groups in total. The summed E-state index contributed by atoms with van der Waals surface area (Å²) >= 11 is 0. The Labute approximate surface area is 87.1 Å². The van der Waals surface area contributed by atoms with Gasteiger partial charge in [0, 0.05) is 13.3 Å². The van der Waals surface area contributed by atoms with Gasteiger partial charge < -0.3 is 10.2 Å². The maximum Gasteiger partial charge on any atom is 0.217 e. The van der Waals surface area contributed by atoms with Gasteiger partial charge in [-0.25, -0.2) is 4.98 Å². The molecule has 0 aliphatic carbocycles. The van der Waals surface area contributed by atoms with E-state index in [4.69, 9.17) is 10.2 Å². The minimum absolute atomic E-state index is 0.288. The molecule has 0 saturated heterocycles. The largest absolute Gasteiger partial charge is 0.441 e. The lowest BCUT2D eigenvalue weighted by Gasteiger charge is -1.97. The Kier molecular flexibility index (Phi) is 2.41. The average molecular weight is 204 g/mol. The zero-order valence-corrected chi connectivity index (χ0v) is 8.49. The van der Waals surface area contributed by atoms with Gasteiger partial charge in [0.05, 0.1) is 0 Å². The molecule has 15 heavy (non-hydrogen) atoms. The summed E-state index contributed by atoms with van der Waals surface area (Å²) in [6.45, 7) is 1.81. The van der Waals surface area contributed by atoms with Crippen LogP contribution in [0, 0.1) is 6.92 Å². The van der Waals surface area contributed by atoms with Crippen LogP contribution in [-0.4, -0.2) is 10.9 Å². The number of fused-ring (bicyclic) bond motifs is 1. The Bertz CT molecular complexity index is 502. The summed E-state index contributed by atoms with van der Waals surface area (Å²) in [5.41, 5.74) is 7.72. The van der Waals surface area contributed by atoms with Crippen molar-refractivity contribution in [3.05, 3.63) is 29.7 Å². The van der Waals surface area contributed by atoms with E-state index < -0.39 is 0 Å². The Morgan fingerprint density at radius 3 is 3.07 bits per heavy atom. The van der Waals surface area contributed by atoms with Crippen molar-refractivity contribution in [3.8, 4) is 0 Å². The third kappa shape index (κ3) is 2.15. The van der Waals surface area contributed by atoms with Crippen molar-refractivity contribution in [3.63, 3.8) is 0 Å². The van der Waals surface area contributed by atoms with Crippen molar-refractivity contribution in [2.24, 2.45) is 5.73 Å². The predicted octanol–water partition coefficient (Wildman–Crippen LogP) is 1.55. The number of oxazole rings is 1. The summed E-state index contributed by atoms with van der Waals surface area (Å²) in [4.78, 5) is 14.8. The van der Waals surface area contributed by atoms with E-state index in [0.29, 0.717) is 18.7 Å². The number of carbonyl (C=O) groups excluding carboxylic acids is 1. The predicted molar refractivity (Wildman–Crippen MR) is 56.3 cm³/mol. The first kappa shape index (κ1) is 9.71. The second kappa shape index (κ2) is 3.73. The zero-order chi connectivity index (χ0) is 10.8. The Morgan fingerprint density at radius 1 is 1.53 bits per heavy atom. The normalized spacial score (nSPS) is 10.7. The molecule has 2 rings (SSSR count). The highest BCUT2D eigenvalue weighted by atomic mass is 16.3. The van der Waals surface area contributed by atoms with Gasteiger partial charge in [-0.15, -0.1) is 0 Å². The lowest BCUT2D eigenvalue weighted by atomic mass is 10.1. The van der Waals surface area contributed by atoms with Crippen LogP contribution in [0.15, 0.2) is 22.6 Å². The standard InChI is InChI=1S/C11H12N2O2/c1-7-13-9-4-2-8(3-5-11(12)14)6-10(9)15-7/h2,4,6H,3,5H2,1H3,(H2,12,14). The topological polar surface area (TPSA) is 69.1 Å². The molecule has 0 saturated carbocycles. The molecule has 0 aliphatic rings. The lowest BCUT2D eigenvalue weighted by Crippen LogP contribution is -2.11. The van der Waals surface area contributed by atoms with E-state index in [0.717, 1.165) is 16.7 Å². The number of aromatic nitrogens is 1. The molecule has 0 bridgehead atoms. The second-order valence-electron chi connectivity index (χ2n) is 3.50. The molecule has 4 heteroatoms. The van der Waals surface area contributed by atoms with Gasteiger partial charge in [-0.05, 0) is 24.1 Å². The molecule has 1 aromatic heterocycles. The number of nitrogens with zero attached hydrogens (tertiary/aromatic N) is 1. The first-order valence-corrected chi connectivity index (χ1v) is 4.79. The van der Waals surface area contributed by atoms with E-state index in [1.807, 2.05) is 25.1 Å². The quantitative estimate of drug-likeness (QED) is 0.824. The smallest absolute Gasteiger partial charge is 0.217 e. The number of nitrogens with two attached hydrogens (primary N) is 1. The Balaban J connectivity index is 2.26. The summed E-state index contributed by atoms with van der Waals surface area (Å²) in [6.07, 6.45) is 1.00. The fourth-order valence-corrected chi connectivity index (χ4v) is 1.51. The number of primary amides is 1. The molecule has 1 heterocycles. The summed E-state index contributed by atoms with van der Waals surface area (Å²) in [7, 11) is 0. The molecule has 1 aromatic carbocycles. The molecule has 0 radical (unpaired) electrons. The monoisotopic (exact) mass is 204 g/mol. The van der Waals surface area contributed by atoms with Crippen molar-refractivity contribution in [2.45, 2.75) is 19.8 Å². The highest BCUT2D eigenvalue weighted by molar-refractivity contribution is 5.75. The van der Waals surface area contributed by atoms with Crippen molar-refractivity contribution >= 4 is 17.0 Å². The van der Waals surface area contributed by atoms with Crippen molar-refractivity contribution in [1.29, 1.82) is 0 Å². The molecule has 0 spiro atoms. The van der Waals surface area contributed by atoms with Crippen LogP contribution in [0.4, 0.5) is 0 Å². The Hall–Kier alpha value is -1.84. The molecule has 0 unspecified atom stereocenters. The first-order chi connectivity index (χ1) is 7.15. The fraction of sp³-hybridized carbons (Fsp3) is 0.273. The van der Waals surface area contributed by atoms with Crippen LogP contribution in [-0.2, 0) is 11.2 Å². The first-order valence-electron chi connectivity index (χ1n) is 4.79. The molecule has 2 aromatic rings. The zero-order valence-electron chi connectivity index (χ0n) is 8.49. The summed E-state index contributed by atoms with van der Waals surface area (Å²) in [5, 5.41) is 0. The SMILES string of the molecule is Cc1nc2ccc(CCC(N)=O)cc2o1. The maximum atomic E-state index is 10.6.